The fourth-order valence-corrected chi connectivity index (χ4v) is 2.00. The van der Waals surface area contributed by atoms with Crippen LogP contribution in [-0.2, 0) is 14.3 Å². The summed E-state index contributed by atoms with van der Waals surface area (Å²) in [6, 6.07) is 5.86. The second kappa shape index (κ2) is 5.79. The van der Waals surface area contributed by atoms with E-state index in [-0.39, 0.29) is 18.5 Å². The highest BCUT2D eigenvalue weighted by Gasteiger charge is 2.26. The van der Waals surface area contributed by atoms with Gasteiger partial charge in [-0.05, 0) is 17.7 Å². The minimum atomic E-state index is -1.14. The van der Waals surface area contributed by atoms with E-state index in [0.717, 1.165) is 5.56 Å². The van der Waals surface area contributed by atoms with Crippen LogP contribution in [0.3, 0.4) is 0 Å². The molecule has 0 aromatic heterocycles. The summed E-state index contributed by atoms with van der Waals surface area (Å²) in [5.74, 6) is -1.91. The van der Waals surface area contributed by atoms with Crippen molar-refractivity contribution in [3.63, 3.8) is 0 Å². The molecule has 0 aliphatic carbocycles. The van der Waals surface area contributed by atoms with Crippen LogP contribution in [0.25, 0.3) is 0 Å². The molecule has 1 aliphatic rings. The summed E-state index contributed by atoms with van der Waals surface area (Å²) in [4.78, 5) is 23.7. The molecule has 2 rings (SSSR count). The van der Waals surface area contributed by atoms with Crippen molar-refractivity contribution in [1.29, 1.82) is 0 Å². The third-order valence-corrected chi connectivity index (χ3v) is 2.96. The molecule has 1 heterocycles. The second-order valence-corrected chi connectivity index (χ2v) is 4.32. The maximum absolute atomic E-state index is 12.8. The van der Waals surface area contributed by atoms with Crippen molar-refractivity contribution in [2.45, 2.75) is 12.5 Å². The minimum absolute atomic E-state index is 0.289. The van der Waals surface area contributed by atoms with Gasteiger partial charge < -0.3 is 14.7 Å². The van der Waals surface area contributed by atoms with E-state index in [9.17, 15) is 14.0 Å². The lowest BCUT2D eigenvalue weighted by Crippen LogP contribution is -2.42. The Hall–Kier alpha value is -1.95. The Morgan fingerprint density at radius 1 is 1.37 bits per heavy atom. The van der Waals surface area contributed by atoms with Crippen LogP contribution in [0.15, 0.2) is 24.3 Å². The lowest BCUT2D eigenvalue weighted by atomic mass is 10.1. The van der Waals surface area contributed by atoms with Gasteiger partial charge in [-0.15, -0.1) is 0 Å². The van der Waals surface area contributed by atoms with E-state index >= 15 is 0 Å². The number of ether oxygens (including phenoxy) is 1. The van der Waals surface area contributed by atoms with Crippen molar-refractivity contribution in [1.82, 2.24) is 4.90 Å². The molecule has 1 aromatic rings. The largest absolute Gasteiger partial charge is 0.481 e. The zero-order valence-electron chi connectivity index (χ0n) is 10.2. The van der Waals surface area contributed by atoms with Crippen molar-refractivity contribution >= 4 is 11.9 Å². The molecule has 1 unspecified atom stereocenters. The van der Waals surface area contributed by atoms with Crippen LogP contribution in [0.4, 0.5) is 4.39 Å². The van der Waals surface area contributed by atoms with Gasteiger partial charge in [0.15, 0.2) is 0 Å². The molecular weight excluding hydrogens is 253 g/mol. The van der Waals surface area contributed by atoms with Gasteiger partial charge >= 0.3 is 5.97 Å². The molecule has 1 aromatic carbocycles. The molecule has 6 heteroatoms. The zero-order chi connectivity index (χ0) is 13.8. The first-order valence-electron chi connectivity index (χ1n) is 5.93. The molecular formula is C13H14FNO4. The number of benzene rings is 1. The highest BCUT2D eigenvalue weighted by molar-refractivity contribution is 5.93. The number of morpholine rings is 1. The van der Waals surface area contributed by atoms with E-state index in [4.69, 9.17) is 9.84 Å². The lowest BCUT2D eigenvalue weighted by molar-refractivity contribution is -0.148. The third kappa shape index (κ3) is 3.51. The van der Waals surface area contributed by atoms with Crippen LogP contribution in [0.1, 0.15) is 18.1 Å². The topological polar surface area (TPSA) is 66.8 Å². The first-order chi connectivity index (χ1) is 9.06. The van der Waals surface area contributed by atoms with Gasteiger partial charge in [-0.2, -0.15) is 0 Å². The number of nitrogens with zero attached hydrogens (tertiary/aromatic N) is 1. The number of carbonyl (C=O) groups is 2. The van der Waals surface area contributed by atoms with E-state index in [1.165, 1.54) is 17.0 Å². The zero-order valence-corrected chi connectivity index (χ0v) is 10.2. The Labute approximate surface area is 109 Å². The van der Waals surface area contributed by atoms with Crippen molar-refractivity contribution in [2.75, 3.05) is 19.7 Å². The Morgan fingerprint density at radius 2 is 2.05 bits per heavy atom. The van der Waals surface area contributed by atoms with Gasteiger partial charge in [0, 0.05) is 6.54 Å². The summed E-state index contributed by atoms with van der Waals surface area (Å²) in [6.07, 6.45) is -0.858. The Balaban J connectivity index is 2.02. The van der Waals surface area contributed by atoms with Crippen molar-refractivity contribution < 1.29 is 23.8 Å². The summed E-state index contributed by atoms with van der Waals surface area (Å²) < 4.78 is 18.4. The van der Waals surface area contributed by atoms with E-state index in [1.54, 1.807) is 12.1 Å². The third-order valence-electron chi connectivity index (χ3n) is 2.96. The van der Waals surface area contributed by atoms with Crippen LogP contribution in [0, 0.1) is 5.82 Å². The smallest absolute Gasteiger partial charge is 0.312 e. The Bertz CT molecular complexity index is 474. The van der Waals surface area contributed by atoms with Crippen LogP contribution in [-0.4, -0.2) is 41.6 Å². The summed E-state index contributed by atoms with van der Waals surface area (Å²) >= 11 is 0. The van der Waals surface area contributed by atoms with Gasteiger partial charge in [0.25, 0.3) is 0 Å². The summed E-state index contributed by atoms with van der Waals surface area (Å²) in [5, 5.41) is 8.61. The van der Waals surface area contributed by atoms with E-state index in [0.29, 0.717) is 13.2 Å². The first-order valence-corrected chi connectivity index (χ1v) is 5.93. The molecule has 0 radical (unpaired) electrons. The fraction of sp³-hybridized carbons (Fsp3) is 0.385. The number of carboxylic acid groups (broad SMARTS) is 1. The van der Waals surface area contributed by atoms with Gasteiger partial charge in [-0.3, -0.25) is 9.59 Å². The molecule has 1 aliphatic heterocycles. The standard InChI is InChI=1S/C13H14FNO4/c14-10-3-1-9(2-4-10)11-8-15(5-6-19-11)12(16)7-13(17)18/h1-4,11H,5-8H2,(H,17,18). The number of hydrogen-bond donors (Lipinski definition) is 1. The van der Waals surface area contributed by atoms with Crippen LogP contribution < -0.4 is 0 Å². The minimum Gasteiger partial charge on any atom is -0.481 e. The van der Waals surface area contributed by atoms with Crippen LogP contribution in [0.5, 0.6) is 0 Å². The average molecular weight is 267 g/mol. The van der Waals surface area contributed by atoms with E-state index in [1.807, 2.05) is 0 Å². The summed E-state index contributed by atoms with van der Waals surface area (Å²) in [5.41, 5.74) is 0.772. The first kappa shape index (κ1) is 13.5. The molecule has 0 spiro atoms. The second-order valence-electron chi connectivity index (χ2n) is 4.32. The molecule has 5 nitrogen and oxygen atoms in total. The molecule has 1 amide bonds. The Kier molecular flexibility index (Phi) is 4.11. The monoisotopic (exact) mass is 267 g/mol. The normalized spacial score (nSPS) is 19.2. The predicted molar refractivity (Wildman–Crippen MR) is 63.9 cm³/mol. The highest BCUT2D eigenvalue weighted by Crippen LogP contribution is 2.22. The fourth-order valence-electron chi connectivity index (χ4n) is 2.00. The van der Waals surface area contributed by atoms with Crippen LogP contribution in [0.2, 0.25) is 0 Å². The van der Waals surface area contributed by atoms with Gasteiger partial charge in [0.05, 0.1) is 13.2 Å². The molecule has 1 atom stereocenters. The SMILES string of the molecule is O=C(O)CC(=O)N1CCOC(c2ccc(F)cc2)C1. The van der Waals surface area contributed by atoms with E-state index in [2.05, 4.69) is 0 Å². The number of rotatable bonds is 3. The molecule has 0 bridgehead atoms. The number of aliphatic carboxylic acids is 1. The molecule has 1 N–H and O–H groups in total. The van der Waals surface area contributed by atoms with E-state index < -0.39 is 18.3 Å². The predicted octanol–water partition coefficient (Wildman–Crippen LogP) is 1.20. The number of halogens is 1. The van der Waals surface area contributed by atoms with Gasteiger partial charge in [0.2, 0.25) is 5.91 Å². The molecule has 1 fully saturated rings. The maximum Gasteiger partial charge on any atom is 0.312 e. The quantitative estimate of drug-likeness (QED) is 0.836. The average Bonchev–Trinajstić information content (AvgIpc) is 2.39. The number of carboxylic acids is 1. The number of amides is 1. The van der Waals surface area contributed by atoms with Gasteiger partial charge in [-0.1, -0.05) is 12.1 Å². The van der Waals surface area contributed by atoms with Crippen molar-refractivity contribution in [3.8, 4) is 0 Å². The summed E-state index contributed by atoms with van der Waals surface area (Å²) in [7, 11) is 0. The Morgan fingerprint density at radius 3 is 2.68 bits per heavy atom. The highest BCUT2D eigenvalue weighted by atomic mass is 19.1. The van der Waals surface area contributed by atoms with Crippen molar-refractivity contribution in [2.24, 2.45) is 0 Å². The van der Waals surface area contributed by atoms with Crippen molar-refractivity contribution in [3.05, 3.63) is 35.6 Å². The maximum atomic E-state index is 12.8. The molecule has 1 saturated heterocycles. The van der Waals surface area contributed by atoms with Gasteiger partial charge in [0.1, 0.15) is 18.3 Å². The summed E-state index contributed by atoms with van der Waals surface area (Å²) in [6.45, 7) is 1.01. The molecule has 102 valence electrons. The van der Waals surface area contributed by atoms with Gasteiger partial charge in [-0.25, -0.2) is 4.39 Å². The number of hydrogen-bond acceptors (Lipinski definition) is 3. The lowest BCUT2D eigenvalue weighted by Gasteiger charge is -2.33. The number of carbonyl (C=O) groups excluding carboxylic acids is 1. The molecule has 0 saturated carbocycles. The molecule has 19 heavy (non-hydrogen) atoms. The van der Waals surface area contributed by atoms with Crippen LogP contribution >= 0.6 is 0 Å².